The molecule has 4 nitrogen and oxygen atoms in total. The molecule has 1 aliphatic rings. The van der Waals surface area contributed by atoms with Gasteiger partial charge in [-0.25, -0.2) is 0 Å². The van der Waals surface area contributed by atoms with Crippen LogP contribution in [0.1, 0.15) is 58.8 Å². The summed E-state index contributed by atoms with van der Waals surface area (Å²) in [6.07, 6.45) is 7.04. The molecule has 0 aromatic carbocycles. The van der Waals surface area contributed by atoms with Crippen molar-refractivity contribution in [1.82, 2.24) is 5.32 Å². The fourth-order valence-corrected chi connectivity index (χ4v) is 2.77. The van der Waals surface area contributed by atoms with Gasteiger partial charge in [-0.05, 0) is 31.1 Å². The first-order chi connectivity index (χ1) is 8.96. The van der Waals surface area contributed by atoms with Crippen molar-refractivity contribution in [2.24, 2.45) is 17.1 Å². The highest BCUT2D eigenvalue weighted by Crippen LogP contribution is 2.24. The molecule has 0 spiro atoms. The van der Waals surface area contributed by atoms with E-state index in [2.05, 4.69) is 19.2 Å². The Morgan fingerprint density at radius 3 is 2.68 bits per heavy atom. The van der Waals surface area contributed by atoms with Gasteiger partial charge in [-0.3, -0.25) is 4.79 Å². The molecule has 0 aromatic rings. The molecule has 0 heterocycles. The predicted molar refractivity (Wildman–Crippen MR) is 77.7 cm³/mol. The van der Waals surface area contributed by atoms with Gasteiger partial charge in [0.15, 0.2) is 0 Å². The lowest BCUT2D eigenvalue weighted by atomic mass is 9.87. The molecule has 1 aliphatic carbocycles. The highest BCUT2D eigenvalue weighted by atomic mass is 16.2. The number of hydrogen-bond donors (Lipinski definition) is 3. The van der Waals surface area contributed by atoms with Crippen LogP contribution in [0.5, 0.6) is 0 Å². The Balaban J connectivity index is 2.40. The summed E-state index contributed by atoms with van der Waals surface area (Å²) in [5.74, 6) is 0.0996. The van der Waals surface area contributed by atoms with Crippen LogP contribution in [0.2, 0.25) is 0 Å². The Hall–Kier alpha value is -0.610. The van der Waals surface area contributed by atoms with Crippen molar-refractivity contribution < 1.29 is 9.90 Å². The average Bonchev–Trinajstić information content (AvgIpc) is 2.58. The Morgan fingerprint density at radius 1 is 1.32 bits per heavy atom. The predicted octanol–water partition coefficient (Wildman–Crippen LogP) is 1.81. The minimum Gasteiger partial charge on any atom is -0.396 e. The third kappa shape index (κ3) is 5.91. The lowest BCUT2D eigenvalue weighted by molar-refractivity contribution is -0.126. The van der Waals surface area contributed by atoms with Crippen LogP contribution in [0, 0.1) is 11.3 Å². The summed E-state index contributed by atoms with van der Waals surface area (Å²) < 4.78 is 0. The second-order valence-electron chi connectivity index (χ2n) is 6.62. The van der Waals surface area contributed by atoms with Gasteiger partial charge >= 0.3 is 0 Å². The van der Waals surface area contributed by atoms with Crippen molar-refractivity contribution in [1.29, 1.82) is 0 Å². The van der Waals surface area contributed by atoms with Crippen LogP contribution in [-0.4, -0.2) is 30.2 Å². The van der Waals surface area contributed by atoms with Gasteiger partial charge in [0.2, 0.25) is 5.91 Å². The molecule has 1 saturated carbocycles. The van der Waals surface area contributed by atoms with Crippen molar-refractivity contribution >= 4 is 5.91 Å². The highest BCUT2D eigenvalue weighted by Gasteiger charge is 2.28. The summed E-state index contributed by atoms with van der Waals surface area (Å²) in [5.41, 5.74) is 6.14. The zero-order valence-electron chi connectivity index (χ0n) is 12.5. The van der Waals surface area contributed by atoms with Crippen LogP contribution in [0.15, 0.2) is 0 Å². The fourth-order valence-electron chi connectivity index (χ4n) is 2.77. The van der Waals surface area contributed by atoms with Gasteiger partial charge in [-0.15, -0.1) is 0 Å². The van der Waals surface area contributed by atoms with Gasteiger partial charge in [0.05, 0.1) is 5.92 Å². The van der Waals surface area contributed by atoms with E-state index in [1.165, 1.54) is 6.42 Å². The van der Waals surface area contributed by atoms with Gasteiger partial charge in [0, 0.05) is 19.2 Å². The number of hydrogen-bond acceptors (Lipinski definition) is 3. The maximum absolute atomic E-state index is 12.2. The number of nitrogens with one attached hydrogen (secondary N) is 1. The van der Waals surface area contributed by atoms with E-state index in [4.69, 9.17) is 10.8 Å². The summed E-state index contributed by atoms with van der Waals surface area (Å²) in [6, 6.07) is 0.0167. The Bertz CT molecular complexity index is 279. The highest BCUT2D eigenvalue weighted by molar-refractivity contribution is 5.79. The third-order valence-corrected chi connectivity index (χ3v) is 4.16. The second-order valence-corrected chi connectivity index (χ2v) is 6.62. The topological polar surface area (TPSA) is 75.3 Å². The first-order valence-corrected chi connectivity index (χ1v) is 7.60. The molecular formula is C15H30N2O2. The summed E-state index contributed by atoms with van der Waals surface area (Å²) in [4.78, 5) is 12.2. The quantitative estimate of drug-likeness (QED) is 0.644. The molecule has 4 N–H and O–H groups in total. The van der Waals surface area contributed by atoms with Crippen LogP contribution < -0.4 is 11.1 Å². The van der Waals surface area contributed by atoms with Crippen molar-refractivity contribution in [3.63, 3.8) is 0 Å². The largest absolute Gasteiger partial charge is 0.396 e. The molecule has 2 unspecified atom stereocenters. The van der Waals surface area contributed by atoms with Crippen molar-refractivity contribution in [2.75, 3.05) is 13.2 Å². The van der Waals surface area contributed by atoms with Crippen molar-refractivity contribution in [2.45, 2.75) is 64.8 Å². The molecule has 1 amide bonds. The summed E-state index contributed by atoms with van der Waals surface area (Å²) in [7, 11) is 0. The Labute approximate surface area is 117 Å². The second kappa shape index (κ2) is 7.85. The third-order valence-electron chi connectivity index (χ3n) is 4.16. The molecule has 1 fully saturated rings. The zero-order valence-corrected chi connectivity index (χ0v) is 12.5. The molecule has 0 aromatic heterocycles. The van der Waals surface area contributed by atoms with Gasteiger partial charge in [-0.2, -0.15) is 0 Å². The van der Waals surface area contributed by atoms with E-state index in [9.17, 15) is 4.79 Å². The molecule has 0 bridgehead atoms. The number of carbonyl (C=O) groups is 1. The monoisotopic (exact) mass is 270 g/mol. The van der Waals surface area contributed by atoms with E-state index in [1.54, 1.807) is 0 Å². The summed E-state index contributed by atoms with van der Waals surface area (Å²) in [5, 5.41) is 11.9. The van der Waals surface area contributed by atoms with Gasteiger partial charge in [0.25, 0.3) is 0 Å². The van der Waals surface area contributed by atoms with E-state index in [-0.39, 0.29) is 29.9 Å². The number of aliphatic hydroxyl groups excluding tert-OH is 1. The van der Waals surface area contributed by atoms with E-state index in [0.717, 1.165) is 38.5 Å². The number of amides is 1. The summed E-state index contributed by atoms with van der Waals surface area (Å²) in [6.45, 7) is 5.12. The SMILES string of the molecule is CC(C)(CCCO)CNC(=O)C1CCCCCC1N. The van der Waals surface area contributed by atoms with Crippen LogP contribution in [0.4, 0.5) is 0 Å². The minimum atomic E-state index is -0.0175. The van der Waals surface area contributed by atoms with E-state index in [0.29, 0.717) is 6.54 Å². The van der Waals surface area contributed by atoms with Crippen LogP contribution in [0.25, 0.3) is 0 Å². The van der Waals surface area contributed by atoms with Gasteiger partial charge < -0.3 is 16.2 Å². The Kier molecular flexibility index (Phi) is 6.80. The Morgan fingerprint density at radius 2 is 2.00 bits per heavy atom. The molecule has 0 radical (unpaired) electrons. The molecule has 4 heteroatoms. The lowest BCUT2D eigenvalue weighted by Crippen LogP contribution is -2.44. The van der Waals surface area contributed by atoms with Crippen LogP contribution in [-0.2, 0) is 4.79 Å². The van der Waals surface area contributed by atoms with Gasteiger partial charge in [0.1, 0.15) is 0 Å². The molecule has 2 atom stereocenters. The van der Waals surface area contributed by atoms with E-state index >= 15 is 0 Å². The minimum absolute atomic E-state index is 0.0167. The molecule has 112 valence electrons. The molecule has 19 heavy (non-hydrogen) atoms. The first-order valence-electron chi connectivity index (χ1n) is 7.60. The number of carbonyl (C=O) groups excluding carboxylic acids is 1. The number of rotatable bonds is 6. The maximum Gasteiger partial charge on any atom is 0.224 e. The molecular weight excluding hydrogens is 240 g/mol. The van der Waals surface area contributed by atoms with Crippen LogP contribution in [0.3, 0.4) is 0 Å². The lowest BCUT2D eigenvalue weighted by Gasteiger charge is -2.27. The van der Waals surface area contributed by atoms with E-state index in [1.807, 2.05) is 0 Å². The van der Waals surface area contributed by atoms with Gasteiger partial charge in [-0.1, -0.05) is 33.1 Å². The fraction of sp³-hybridized carbons (Fsp3) is 0.933. The number of aliphatic hydroxyl groups is 1. The zero-order chi connectivity index (χ0) is 14.3. The molecule has 1 rings (SSSR count). The smallest absolute Gasteiger partial charge is 0.224 e. The van der Waals surface area contributed by atoms with Crippen molar-refractivity contribution in [3.05, 3.63) is 0 Å². The first kappa shape index (κ1) is 16.4. The van der Waals surface area contributed by atoms with Crippen molar-refractivity contribution in [3.8, 4) is 0 Å². The molecule has 0 aliphatic heterocycles. The van der Waals surface area contributed by atoms with Crippen LogP contribution >= 0.6 is 0 Å². The standard InChI is InChI=1S/C15H30N2O2/c1-15(2,9-6-10-18)11-17-14(19)12-7-4-3-5-8-13(12)16/h12-13,18H,3-11,16H2,1-2H3,(H,17,19). The number of nitrogens with two attached hydrogens (primary N) is 1. The normalized spacial score (nSPS) is 24.8. The van der Waals surface area contributed by atoms with E-state index < -0.39 is 0 Å². The maximum atomic E-state index is 12.2. The molecule has 0 saturated heterocycles. The average molecular weight is 270 g/mol. The summed E-state index contributed by atoms with van der Waals surface area (Å²) >= 11 is 0.